The molecule has 0 aliphatic rings. The molecule has 0 spiro atoms. The molecule has 5 nitrogen and oxygen atoms in total. The van der Waals surface area contributed by atoms with Crippen LogP contribution in [0.25, 0.3) is 0 Å². The number of nitrogens with zero attached hydrogens (tertiary/aromatic N) is 1. The van der Waals surface area contributed by atoms with Gasteiger partial charge in [0.1, 0.15) is 11.9 Å². The summed E-state index contributed by atoms with van der Waals surface area (Å²) in [7, 11) is -4.55. The summed E-state index contributed by atoms with van der Waals surface area (Å²) in [4.78, 5) is -1.29. The summed E-state index contributed by atoms with van der Waals surface area (Å²) >= 11 is 5.77. The van der Waals surface area contributed by atoms with Crippen molar-refractivity contribution in [3.63, 3.8) is 0 Å². The molecule has 2 aromatic rings. The first-order chi connectivity index (χ1) is 15.9. The summed E-state index contributed by atoms with van der Waals surface area (Å²) in [6.45, 7) is 4.91. The zero-order valence-electron chi connectivity index (χ0n) is 18.6. The van der Waals surface area contributed by atoms with Gasteiger partial charge in [-0.1, -0.05) is 18.5 Å². The van der Waals surface area contributed by atoms with E-state index in [1.807, 2.05) is 0 Å². The molecule has 0 bridgehead atoms. The van der Waals surface area contributed by atoms with Gasteiger partial charge in [0.2, 0.25) is 9.84 Å². The minimum atomic E-state index is -5.12. The fourth-order valence-electron chi connectivity index (χ4n) is 2.72. The highest BCUT2D eigenvalue weighted by atomic mass is 35.5. The molecule has 0 radical (unpaired) electrons. The molecule has 13 heteroatoms. The lowest BCUT2D eigenvalue weighted by Gasteiger charge is -2.29. The fraction of sp³-hybridized carbons (Fsp3) is 0.318. The van der Waals surface area contributed by atoms with Gasteiger partial charge in [-0.05, 0) is 62.7 Å². The molecule has 35 heavy (non-hydrogen) atoms. The van der Waals surface area contributed by atoms with Crippen molar-refractivity contribution >= 4 is 27.1 Å². The van der Waals surface area contributed by atoms with Crippen molar-refractivity contribution in [2.24, 2.45) is 0 Å². The Morgan fingerprint density at radius 2 is 1.46 bits per heavy atom. The van der Waals surface area contributed by atoms with Crippen LogP contribution >= 0.6 is 11.6 Å². The molecule has 0 heterocycles. The predicted molar refractivity (Wildman–Crippen MR) is 119 cm³/mol. The molecule has 0 unspecified atom stereocenters. The van der Waals surface area contributed by atoms with Crippen LogP contribution in [0.1, 0.15) is 38.3 Å². The number of nitrogens with one attached hydrogen (secondary N) is 2. The Morgan fingerprint density at radius 3 is 1.86 bits per heavy atom. The normalized spacial score (nSPS) is 13.6. The quantitative estimate of drug-likeness (QED) is 0.301. The summed E-state index contributed by atoms with van der Waals surface area (Å²) in [5.41, 5.74) is -4.85. The largest absolute Gasteiger partial charge is 0.416 e. The summed E-state index contributed by atoms with van der Waals surface area (Å²) < 4.78 is 106. The highest BCUT2D eigenvalue weighted by Crippen LogP contribution is 2.38. The maximum atomic E-state index is 13.3. The Balaban J connectivity index is 2.78. The number of sulfone groups is 1. The molecule has 190 valence electrons. The second-order valence-corrected chi connectivity index (χ2v) is 10.4. The molecule has 0 amide bonds. The van der Waals surface area contributed by atoms with E-state index in [1.54, 1.807) is 20.8 Å². The van der Waals surface area contributed by atoms with E-state index in [0.29, 0.717) is 18.6 Å². The molecular weight excluding hydrogens is 520 g/mol. The van der Waals surface area contributed by atoms with Crippen LogP contribution < -0.4 is 10.6 Å². The van der Waals surface area contributed by atoms with Crippen LogP contribution in [0, 0.1) is 11.3 Å². The Kier molecular flexibility index (Phi) is 8.08. The van der Waals surface area contributed by atoms with Gasteiger partial charge in [0.15, 0.2) is 4.91 Å². The number of halogens is 7. The number of hydrogen-bond acceptors (Lipinski definition) is 5. The first kappa shape index (κ1) is 28.3. The van der Waals surface area contributed by atoms with Gasteiger partial charge in [-0.15, -0.1) is 0 Å². The topological polar surface area (TPSA) is 82.0 Å². The van der Waals surface area contributed by atoms with Crippen molar-refractivity contribution in [3.05, 3.63) is 69.3 Å². The van der Waals surface area contributed by atoms with Gasteiger partial charge < -0.3 is 10.6 Å². The smallest absolute Gasteiger partial charge is 0.365 e. The second-order valence-electron chi connectivity index (χ2n) is 8.06. The van der Waals surface area contributed by atoms with Gasteiger partial charge in [-0.2, -0.15) is 31.6 Å². The lowest BCUT2D eigenvalue weighted by molar-refractivity contribution is -0.143. The molecule has 0 aromatic heterocycles. The first-order valence-electron chi connectivity index (χ1n) is 9.90. The number of alkyl halides is 6. The van der Waals surface area contributed by atoms with Gasteiger partial charge in [0.25, 0.3) is 0 Å². The van der Waals surface area contributed by atoms with Crippen molar-refractivity contribution in [3.8, 4) is 6.07 Å². The van der Waals surface area contributed by atoms with E-state index < -0.39 is 55.3 Å². The predicted octanol–water partition coefficient (Wildman–Crippen LogP) is 6.73. The van der Waals surface area contributed by atoms with E-state index in [9.17, 15) is 40.0 Å². The lowest BCUT2D eigenvalue weighted by Crippen LogP contribution is -2.41. The lowest BCUT2D eigenvalue weighted by atomic mass is 10.0. The number of hydrogen-bond donors (Lipinski definition) is 2. The molecule has 0 atom stereocenters. The van der Waals surface area contributed by atoms with Crippen molar-refractivity contribution in [2.75, 3.05) is 5.32 Å². The second kappa shape index (κ2) is 9.99. The summed E-state index contributed by atoms with van der Waals surface area (Å²) in [5, 5.41) is 14.9. The molecule has 0 saturated heterocycles. The van der Waals surface area contributed by atoms with E-state index in [-0.39, 0.29) is 16.0 Å². The zero-order valence-corrected chi connectivity index (χ0v) is 20.1. The summed E-state index contributed by atoms with van der Waals surface area (Å²) in [5.74, 6) is -0.582. The Morgan fingerprint density at radius 1 is 0.971 bits per heavy atom. The molecular formula is C22H20ClF6N3O2S. The Hall–Kier alpha value is -2.91. The number of rotatable bonds is 7. The van der Waals surface area contributed by atoms with E-state index >= 15 is 0 Å². The van der Waals surface area contributed by atoms with Gasteiger partial charge in [-0.25, -0.2) is 8.42 Å². The number of allylic oxidation sites excluding steroid dienone is 1. The number of benzene rings is 2. The Bertz CT molecular complexity index is 1230. The van der Waals surface area contributed by atoms with Crippen LogP contribution in [0.15, 0.2) is 58.1 Å². The summed E-state index contributed by atoms with van der Waals surface area (Å²) in [6.07, 6.45) is -9.88. The van der Waals surface area contributed by atoms with Gasteiger partial charge in [0.05, 0.1) is 16.0 Å². The standard InChI is InChI=1S/C22H20ClF6N3O2S/c1-4-20(2,3)32-19(18(12-30)35(33,34)17-7-5-15(23)6-8-17)31-16-10-13(21(24,25)26)9-14(11-16)22(27,28)29/h5-11,31-32H,4H2,1-3H3/b19-18+. The number of nitriles is 1. The van der Waals surface area contributed by atoms with E-state index in [0.717, 1.165) is 12.1 Å². The van der Waals surface area contributed by atoms with Crippen molar-refractivity contribution in [1.29, 1.82) is 5.26 Å². The van der Waals surface area contributed by atoms with Gasteiger partial charge >= 0.3 is 12.4 Å². The van der Waals surface area contributed by atoms with Crippen LogP contribution in [-0.2, 0) is 22.2 Å². The molecule has 2 N–H and O–H groups in total. The SMILES string of the molecule is CCC(C)(C)N/C(Nc1cc(C(F)(F)F)cc(C(F)(F)F)c1)=C(\C#N)S(=O)(=O)c1ccc(Cl)cc1. The van der Waals surface area contributed by atoms with E-state index in [4.69, 9.17) is 11.6 Å². The maximum Gasteiger partial charge on any atom is 0.416 e. The molecule has 0 saturated carbocycles. The minimum absolute atomic E-state index is 0.0619. The zero-order chi connectivity index (χ0) is 26.8. The highest BCUT2D eigenvalue weighted by molar-refractivity contribution is 7.95. The van der Waals surface area contributed by atoms with Crippen molar-refractivity contribution in [1.82, 2.24) is 5.32 Å². The molecule has 2 aromatic carbocycles. The third-order valence-corrected chi connectivity index (χ3v) is 6.90. The van der Waals surface area contributed by atoms with Crippen LogP contribution in [0.5, 0.6) is 0 Å². The Labute approximate surface area is 203 Å². The van der Waals surface area contributed by atoms with Crippen molar-refractivity contribution < 1.29 is 34.8 Å². The van der Waals surface area contributed by atoms with Gasteiger partial charge in [0, 0.05) is 16.2 Å². The van der Waals surface area contributed by atoms with Crippen molar-refractivity contribution in [2.45, 2.75) is 50.0 Å². The maximum absolute atomic E-state index is 13.3. The van der Waals surface area contributed by atoms with Gasteiger partial charge in [-0.3, -0.25) is 0 Å². The highest BCUT2D eigenvalue weighted by Gasteiger charge is 2.37. The molecule has 0 fully saturated rings. The molecule has 0 aliphatic carbocycles. The van der Waals surface area contributed by atoms with Crippen LogP contribution in [0.2, 0.25) is 5.02 Å². The minimum Gasteiger partial charge on any atom is -0.365 e. The average molecular weight is 540 g/mol. The number of anilines is 1. The monoisotopic (exact) mass is 539 g/mol. The third-order valence-electron chi connectivity index (χ3n) is 4.93. The van der Waals surface area contributed by atoms with E-state index in [2.05, 4.69) is 10.6 Å². The molecule has 2 rings (SSSR count). The van der Waals surface area contributed by atoms with Crippen LogP contribution in [0.3, 0.4) is 0 Å². The van der Waals surface area contributed by atoms with Crippen LogP contribution in [0.4, 0.5) is 32.0 Å². The summed E-state index contributed by atoms with van der Waals surface area (Å²) in [6, 6.07) is 6.95. The third kappa shape index (κ3) is 7.05. The first-order valence-corrected chi connectivity index (χ1v) is 11.8. The molecule has 0 aliphatic heterocycles. The average Bonchev–Trinajstić information content (AvgIpc) is 2.72. The van der Waals surface area contributed by atoms with Crippen LogP contribution in [-0.4, -0.2) is 14.0 Å². The fourth-order valence-corrected chi connectivity index (χ4v) is 4.07. The van der Waals surface area contributed by atoms with E-state index in [1.165, 1.54) is 18.2 Å².